The molecule has 130 valence electrons. The van der Waals surface area contributed by atoms with E-state index in [9.17, 15) is 4.79 Å². The van der Waals surface area contributed by atoms with Crippen LogP contribution in [-0.4, -0.2) is 32.6 Å². The monoisotopic (exact) mass is 339 g/mol. The third-order valence-electron chi connectivity index (χ3n) is 4.12. The molecule has 2 aromatic rings. The van der Waals surface area contributed by atoms with Gasteiger partial charge >= 0.3 is 5.97 Å². The lowest BCUT2D eigenvalue weighted by atomic mass is 10.0. The van der Waals surface area contributed by atoms with E-state index in [1.54, 1.807) is 7.11 Å². The van der Waals surface area contributed by atoms with E-state index < -0.39 is 5.97 Å². The predicted octanol–water partition coefficient (Wildman–Crippen LogP) is 3.05. The smallest absolute Gasteiger partial charge is 0.376 e. The highest BCUT2D eigenvalue weighted by atomic mass is 16.5. The number of amidine groups is 1. The Labute approximate surface area is 147 Å². The average Bonchev–Trinajstić information content (AvgIpc) is 2.68. The zero-order chi connectivity index (χ0) is 17.6. The van der Waals surface area contributed by atoms with Crippen molar-refractivity contribution in [2.24, 2.45) is 5.10 Å². The van der Waals surface area contributed by atoms with Crippen LogP contribution >= 0.6 is 0 Å². The first-order valence-corrected chi connectivity index (χ1v) is 8.15. The van der Waals surface area contributed by atoms with Gasteiger partial charge in [-0.1, -0.05) is 30.3 Å². The van der Waals surface area contributed by atoms with Gasteiger partial charge in [0.25, 0.3) is 0 Å². The van der Waals surface area contributed by atoms with Crippen molar-refractivity contribution in [3.8, 4) is 5.75 Å². The molecule has 1 aliphatic heterocycles. The summed E-state index contributed by atoms with van der Waals surface area (Å²) in [7, 11) is 2.95. The molecular formula is C19H21N3O3. The lowest BCUT2D eigenvalue weighted by Crippen LogP contribution is -2.41. The number of carbonyl (C=O) groups excluding carboxylic acids is 1. The molecule has 0 bridgehead atoms. The Bertz CT molecular complexity index is 789. The number of ether oxygens (including phenoxy) is 2. The van der Waals surface area contributed by atoms with Crippen molar-refractivity contribution < 1.29 is 14.3 Å². The zero-order valence-electron chi connectivity index (χ0n) is 14.4. The number of para-hydroxylation sites is 3. The first-order chi connectivity index (χ1) is 12.2. The van der Waals surface area contributed by atoms with E-state index >= 15 is 0 Å². The SMILES string of the molecule is COC(=O)/C(=N\Nc1ccccc1OC)N1CCCc2ccccc21. The van der Waals surface area contributed by atoms with Crippen molar-refractivity contribution in [3.63, 3.8) is 0 Å². The van der Waals surface area contributed by atoms with Crippen LogP contribution in [0.25, 0.3) is 0 Å². The van der Waals surface area contributed by atoms with E-state index in [0.29, 0.717) is 18.0 Å². The van der Waals surface area contributed by atoms with E-state index in [1.807, 2.05) is 47.4 Å². The molecule has 1 N–H and O–H groups in total. The van der Waals surface area contributed by atoms with Gasteiger partial charge in [-0.05, 0) is 36.6 Å². The molecule has 3 rings (SSSR count). The Kier molecular flexibility index (Phi) is 5.18. The molecule has 0 atom stereocenters. The van der Waals surface area contributed by atoms with Gasteiger partial charge in [-0.15, -0.1) is 5.10 Å². The summed E-state index contributed by atoms with van der Waals surface area (Å²) in [6.07, 6.45) is 1.93. The van der Waals surface area contributed by atoms with Crippen molar-refractivity contribution in [2.45, 2.75) is 12.8 Å². The summed E-state index contributed by atoms with van der Waals surface area (Å²) >= 11 is 0. The lowest BCUT2D eigenvalue weighted by Gasteiger charge is -2.30. The number of esters is 1. The van der Waals surface area contributed by atoms with Gasteiger partial charge in [0.15, 0.2) is 0 Å². The largest absolute Gasteiger partial charge is 0.495 e. The van der Waals surface area contributed by atoms with E-state index in [0.717, 1.165) is 18.5 Å². The van der Waals surface area contributed by atoms with Gasteiger partial charge in [0.2, 0.25) is 5.84 Å². The van der Waals surface area contributed by atoms with Crippen molar-refractivity contribution in [1.82, 2.24) is 0 Å². The number of carbonyl (C=O) groups is 1. The summed E-state index contributed by atoms with van der Waals surface area (Å²) in [5.41, 5.74) is 5.79. The lowest BCUT2D eigenvalue weighted by molar-refractivity contribution is -0.132. The molecule has 0 radical (unpaired) electrons. The van der Waals surface area contributed by atoms with Crippen LogP contribution in [0.5, 0.6) is 5.75 Å². The van der Waals surface area contributed by atoms with E-state index in [1.165, 1.54) is 12.7 Å². The fourth-order valence-electron chi connectivity index (χ4n) is 2.91. The van der Waals surface area contributed by atoms with Gasteiger partial charge in [0.05, 0.1) is 19.9 Å². The van der Waals surface area contributed by atoms with Crippen LogP contribution in [0, 0.1) is 0 Å². The Morgan fingerprint density at radius 3 is 2.68 bits per heavy atom. The highest BCUT2D eigenvalue weighted by Crippen LogP contribution is 2.28. The number of rotatable bonds is 3. The molecule has 0 aliphatic carbocycles. The van der Waals surface area contributed by atoms with Gasteiger partial charge < -0.3 is 14.4 Å². The van der Waals surface area contributed by atoms with Crippen LogP contribution in [0.1, 0.15) is 12.0 Å². The number of nitrogens with zero attached hydrogens (tertiary/aromatic N) is 2. The van der Waals surface area contributed by atoms with E-state index in [4.69, 9.17) is 9.47 Å². The van der Waals surface area contributed by atoms with Gasteiger partial charge in [-0.2, -0.15) is 0 Å². The summed E-state index contributed by atoms with van der Waals surface area (Å²) in [5, 5.41) is 4.33. The number of fused-ring (bicyclic) bond motifs is 1. The number of anilines is 2. The molecule has 1 heterocycles. The van der Waals surface area contributed by atoms with Crippen molar-refractivity contribution in [1.29, 1.82) is 0 Å². The maximum atomic E-state index is 12.3. The first-order valence-electron chi connectivity index (χ1n) is 8.15. The van der Waals surface area contributed by atoms with E-state index in [-0.39, 0.29) is 5.84 Å². The minimum atomic E-state index is -0.487. The summed E-state index contributed by atoms with van der Waals surface area (Å²) in [6.45, 7) is 0.707. The fourth-order valence-corrected chi connectivity index (χ4v) is 2.91. The molecular weight excluding hydrogens is 318 g/mol. The van der Waals surface area contributed by atoms with Gasteiger partial charge in [0, 0.05) is 12.2 Å². The number of benzene rings is 2. The summed E-state index contributed by atoms with van der Waals surface area (Å²) in [5.74, 6) is 0.383. The Balaban J connectivity index is 1.95. The van der Waals surface area contributed by atoms with Crippen LogP contribution in [0.2, 0.25) is 0 Å². The molecule has 0 saturated heterocycles. The molecule has 0 saturated carbocycles. The van der Waals surface area contributed by atoms with Gasteiger partial charge in [0.1, 0.15) is 5.75 Å². The Hall–Kier alpha value is -3.02. The van der Waals surface area contributed by atoms with E-state index in [2.05, 4.69) is 16.6 Å². The minimum absolute atomic E-state index is 0.223. The third-order valence-corrected chi connectivity index (χ3v) is 4.12. The standard InChI is InChI=1S/C19H21N3O3/c1-24-17-12-6-4-10-15(17)20-21-18(19(23)25-2)22-13-7-9-14-8-3-5-11-16(14)22/h3-6,8,10-12,20H,7,9,13H2,1-2H3/b21-18+. The van der Waals surface area contributed by atoms with Crippen LogP contribution in [0.3, 0.4) is 0 Å². The van der Waals surface area contributed by atoms with Crippen LogP contribution in [-0.2, 0) is 16.0 Å². The quantitative estimate of drug-likeness (QED) is 0.403. The van der Waals surface area contributed by atoms with Crippen molar-refractivity contribution in [2.75, 3.05) is 31.1 Å². The second-order valence-corrected chi connectivity index (χ2v) is 5.62. The highest BCUT2D eigenvalue weighted by Gasteiger charge is 2.26. The molecule has 1 aliphatic rings. The van der Waals surface area contributed by atoms with Gasteiger partial charge in [-0.3, -0.25) is 5.43 Å². The molecule has 0 fully saturated rings. The summed E-state index contributed by atoms with van der Waals surface area (Å²) < 4.78 is 10.2. The summed E-state index contributed by atoms with van der Waals surface area (Å²) in [4.78, 5) is 14.2. The molecule has 25 heavy (non-hydrogen) atoms. The zero-order valence-corrected chi connectivity index (χ0v) is 14.4. The van der Waals surface area contributed by atoms with Crippen molar-refractivity contribution >= 4 is 23.2 Å². The number of nitrogens with one attached hydrogen (secondary N) is 1. The number of hydrogen-bond donors (Lipinski definition) is 1. The van der Waals surface area contributed by atoms with Crippen LogP contribution < -0.4 is 15.1 Å². The molecule has 6 heteroatoms. The number of hydrogen-bond acceptors (Lipinski definition) is 5. The topological polar surface area (TPSA) is 63.2 Å². The van der Waals surface area contributed by atoms with Crippen molar-refractivity contribution in [3.05, 3.63) is 54.1 Å². The molecule has 2 aromatic carbocycles. The molecule has 0 aromatic heterocycles. The predicted molar refractivity (Wildman–Crippen MR) is 98.2 cm³/mol. The Morgan fingerprint density at radius 1 is 1.12 bits per heavy atom. The first kappa shape index (κ1) is 16.8. The number of methoxy groups -OCH3 is 2. The second kappa shape index (κ2) is 7.70. The maximum absolute atomic E-state index is 12.3. The highest BCUT2D eigenvalue weighted by molar-refractivity contribution is 6.41. The molecule has 0 unspecified atom stereocenters. The van der Waals surface area contributed by atoms with Crippen LogP contribution in [0.4, 0.5) is 11.4 Å². The molecule has 6 nitrogen and oxygen atoms in total. The normalized spacial score (nSPS) is 13.8. The fraction of sp³-hybridized carbons (Fsp3) is 0.263. The molecule has 0 amide bonds. The molecule has 0 spiro atoms. The minimum Gasteiger partial charge on any atom is -0.495 e. The average molecular weight is 339 g/mol. The Morgan fingerprint density at radius 2 is 1.88 bits per heavy atom. The second-order valence-electron chi connectivity index (χ2n) is 5.62. The van der Waals surface area contributed by atoms with Crippen LogP contribution in [0.15, 0.2) is 53.6 Å². The third kappa shape index (κ3) is 3.57. The number of hydrazone groups is 1. The summed E-state index contributed by atoms with van der Waals surface area (Å²) in [6, 6.07) is 15.4. The number of aryl methyl sites for hydroxylation is 1. The van der Waals surface area contributed by atoms with Gasteiger partial charge in [-0.25, -0.2) is 4.79 Å². The maximum Gasteiger partial charge on any atom is 0.376 e.